The summed E-state index contributed by atoms with van der Waals surface area (Å²) >= 11 is 0. The number of hydrogen-bond donors (Lipinski definition) is 1. The van der Waals surface area contributed by atoms with Crippen molar-refractivity contribution in [2.24, 2.45) is 0 Å². The Morgan fingerprint density at radius 1 is 1.21 bits per heavy atom. The molecular weight excluding hydrogens is 447 g/mol. The van der Waals surface area contributed by atoms with Crippen molar-refractivity contribution in [1.29, 1.82) is 0 Å². The van der Waals surface area contributed by atoms with E-state index >= 15 is 0 Å². The van der Waals surface area contributed by atoms with Crippen molar-refractivity contribution in [2.45, 2.75) is 84.4 Å². The molecule has 0 amide bonds. The van der Waals surface area contributed by atoms with Gasteiger partial charge < -0.3 is 14.3 Å². The maximum Gasteiger partial charge on any atom is 0.309 e. The van der Waals surface area contributed by atoms with Crippen LogP contribution in [0.5, 0.6) is 0 Å². The molecule has 3 rings (SSSR count). The lowest BCUT2D eigenvalue weighted by Crippen LogP contribution is -2.40. The molecule has 0 radical (unpaired) electrons. The van der Waals surface area contributed by atoms with Gasteiger partial charge in [0.15, 0.2) is 8.32 Å². The normalized spacial score (nSPS) is 19.5. The Balaban J connectivity index is 1.94. The van der Waals surface area contributed by atoms with Gasteiger partial charge >= 0.3 is 5.97 Å². The number of hydrogen-bond acceptors (Lipinski definition) is 4. The van der Waals surface area contributed by atoms with Gasteiger partial charge in [-0.3, -0.25) is 4.79 Å². The summed E-state index contributed by atoms with van der Waals surface area (Å²) in [7, 11) is -2.02. The fourth-order valence-electron chi connectivity index (χ4n) is 3.90. The first-order chi connectivity index (χ1) is 15.8. The molecule has 0 spiro atoms. The van der Waals surface area contributed by atoms with Crippen molar-refractivity contribution >= 4 is 20.4 Å². The minimum absolute atomic E-state index is 0.0362. The largest absolute Gasteiger partial charge is 0.458 e. The maximum absolute atomic E-state index is 14.7. The molecule has 1 heterocycles. The predicted molar refractivity (Wildman–Crippen MR) is 137 cm³/mol. The molecule has 0 saturated carbocycles. The molecule has 2 aromatic rings. The molecule has 2 aromatic carbocycles. The Morgan fingerprint density at radius 3 is 2.56 bits per heavy atom. The van der Waals surface area contributed by atoms with Crippen LogP contribution in [0.25, 0.3) is 17.2 Å². The summed E-state index contributed by atoms with van der Waals surface area (Å²) in [6.07, 6.45) is 3.03. The second-order valence-electron chi connectivity index (χ2n) is 10.9. The van der Waals surface area contributed by atoms with E-state index in [9.17, 15) is 14.3 Å². The zero-order chi connectivity index (χ0) is 25.3. The van der Waals surface area contributed by atoms with E-state index < -0.39 is 20.5 Å². The van der Waals surface area contributed by atoms with Crippen LogP contribution in [0.15, 0.2) is 36.4 Å². The van der Waals surface area contributed by atoms with Gasteiger partial charge in [-0.15, -0.1) is 0 Å². The Labute approximate surface area is 203 Å². The number of aliphatic hydroxyl groups is 1. The molecular formula is C28H37FO4Si. The topological polar surface area (TPSA) is 55.8 Å². The Hall–Kier alpha value is -2.28. The first kappa shape index (κ1) is 26.3. The number of aryl methyl sites for hydroxylation is 2. The number of benzene rings is 2. The van der Waals surface area contributed by atoms with Crippen molar-refractivity contribution < 1.29 is 23.5 Å². The lowest BCUT2D eigenvalue weighted by Gasteiger charge is -2.36. The molecule has 1 N–H and O–H groups in total. The van der Waals surface area contributed by atoms with E-state index in [1.807, 2.05) is 32.1 Å². The zero-order valence-electron chi connectivity index (χ0n) is 21.4. The predicted octanol–water partition coefficient (Wildman–Crippen LogP) is 6.71. The molecule has 184 valence electrons. The number of carbonyl (C=O) groups is 1. The summed E-state index contributed by atoms with van der Waals surface area (Å²) in [5, 5.41) is 9.95. The average molecular weight is 485 g/mol. The summed E-state index contributed by atoms with van der Waals surface area (Å²) in [4.78, 5) is 11.7. The summed E-state index contributed by atoms with van der Waals surface area (Å²) < 4.78 is 26.4. The standard InChI is InChI=1S/C28H37FO4Si/c1-18-12-19(2)24(10-9-23-15-22(30)16-27(31)33-23)25(13-18)20-8-11-26(29)21(14-20)17-32-34(6,7)28(3,4)5/h8-14,22-23,30H,15-17H2,1-7H3/b10-9+/t22-,23-/m1/s1. The molecule has 4 nitrogen and oxygen atoms in total. The smallest absolute Gasteiger partial charge is 0.309 e. The molecule has 0 unspecified atom stereocenters. The van der Waals surface area contributed by atoms with Crippen molar-refractivity contribution in [2.75, 3.05) is 0 Å². The van der Waals surface area contributed by atoms with E-state index in [2.05, 4.69) is 46.0 Å². The van der Waals surface area contributed by atoms with Crippen LogP contribution in [0.1, 0.15) is 55.9 Å². The fraction of sp³-hybridized carbons (Fsp3) is 0.464. The lowest BCUT2D eigenvalue weighted by atomic mass is 9.92. The van der Waals surface area contributed by atoms with Gasteiger partial charge in [0.2, 0.25) is 0 Å². The number of halogens is 1. The Kier molecular flexibility index (Phi) is 7.85. The van der Waals surface area contributed by atoms with Gasteiger partial charge in [-0.2, -0.15) is 0 Å². The van der Waals surface area contributed by atoms with Gasteiger partial charge in [0.25, 0.3) is 0 Å². The van der Waals surface area contributed by atoms with E-state index in [1.165, 1.54) is 6.07 Å². The van der Waals surface area contributed by atoms with Gasteiger partial charge in [0.1, 0.15) is 11.9 Å². The molecule has 2 atom stereocenters. The first-order valence-electron chi connectivity index (χ1n) is 11.9. The molecule has 1 aliphatic heterocycles. The molecule has 0 bridgehead atoms. The molecule has 1 aliphatic rings. The second kappa shape index (κ2) is 10.1. The van der Waals surface area contributed by atoms with E-state index in [-0.39, 0.29) is 29.9 Å². The number of aliphatic hydroxyl groups excluding tert-OH is 1. The van der Waals surface area contributed by atoms with E-state index in [0.717, 1.165) is 27.8 Å². The van der Waals surface area contributed by atoms with Crippen LogP contribution in [-0.4, -0.2) is 31.6 Å². The van der Waals surface area contributed by atoms with Crippen LogP contribution in [-0.2, 0) is 20.6 Å². The summed E-state index contributed by atoms with van der Waals surface area (Å²) in [5.41, 5.74) is 5.57. The highest BCUT2D eigenvalue weighted by molar-refractivity contribution is 6.74. The molecule has 1 saturated heterocycles. The summed E-state index contributed by atoms with van der Waals surface area (Å²) in [5.74, 6) is -0.661. The van der Waals surface area contributed by atoms with Crippen molar-refractivity contribution in [3.8, 4) is 11.1 Å². The lowest BCUT2D eigenvalue weighted by molar-refractivity contribution is -0.156. The number of cyclic esters (lactones) is 1. The minimum Gasteiger partial charge on any atom is -0.458 e. The zero-order valence-corrected chi connectivity index (χ0v) is 22.4. The van der Waals surface area contributed by atoms with Crippen molar-refractivity contribution in [1.82, 2.24) is 0 Å². The van der Waals surface area contributed by atoms with Crippen LogP contribution in [0.3, 0.4) is 0 Å². The highest BCUT2D eigenvalue weighted by atomic mass is 28.4. The average Bonchev–Trinajstić information content (AvgIpc) is 2.70. The SMILES string of the molecule is Cc1cc(C)c(/C=C/[C@@H]2C[C@@H](O)CC(=O)O2)c(-c2ccc(F)c(CO[Si](C)(C)C(C)(C)C)c2)c1. The number of rotatable bonds is 6. The van der Waals surface area contributed by atoms with E-state index in [4.69, 9.17) is 9.16 Å². The number of esters is 1. The highest BCUT2D eigenvalue weighted by Gasteiger charge is 2.37. The van der Waals surface area contributed by atoms with Gasteiger partial charge in [0.05, 0.1) is 19.1 Å². The van der Waals surface area contributed by atoms with Crippen LogP contribution < -0.4 is 0 Å². The van der Waals surface area contributed by atoms with Crippen LogP contribution in [0, 0.1) is 19.7 Å². The highest BCUT2D eigenvalue weighted by Crippen LogP contribution is 2.38. The van der Waals surface area contributed by atoms with Crippen LogP contribution in [0.4, 0.5) is 4.39 Å². The van der Waals surface area contributed by atoms with Gasteiger partial charge in [-0.1, -0.05) is 50.6 Å². The summed E-state index contributed by atoms with van der Waals surface area (Å²) in [6.45, 7) is 15.1. The Morgan fingerprint density at radius 2 is 1.91 bits per heavy atom. The third-order valence-corrected chi connectivity index (χ3v) is 11.4. The number of carbonyl (C=O) groups excluding carboxylic acids is 1. The third-order valence-electron chi connectivity index (χ3n) is 6.95. The van der Waals surface area contributed by atoms with Gasteiger partial charge in [-0.05, 0) is 72.4 Å². The van der Waals surface area contributed by atoms with Gasteiger partial charge in [0, 0.05) is 12.0 Å². The van der Waals surface area contributed by atoms with Crippen molar-refractivity contribution in [3.05, 3.63) is 64.5 Å². The monoisotopic (exact) mass is 484 g/mol. The molecule has 6 heteroatoms. The third kappa shape index (κ3) is 6.23. The second-order valence-corrected chi connectivity index (χ2v) is 15.7. The molecule has 0 aromatic heterocycles. The maximum atomic E-state index is 14.7. The fourth-order valence-corrected chi connectivity index (χ4v) is 4.85. The number of ether oxygens (including phenoxy) is 1. The van der Waals surface area contributed by atoms with E-state index in [1.54, 1.807) is 6.07 Å². The minimum atomic E-state index is -2.02. The first-order valence-corrected chi connectivity index (χ1v) is 14.8. The quantitative estimate of drug-likeness (QED) is 0.366. The Bertz CT molecular complexity index is 1080. The van der Waals surface area contributed by atoms with Crippen molar-refractivity contribution in [3.63, 3.8) is 0 Å². The van der Waals surface area contributed by atoms with Gasteiger partial charge in [-0.25, -0.2) is 4.39 Å². The molecule has 1 fully saturated rings. The summed E-state index contributed by atoms with van der Waals surface area (Å²) in [6, 6.07) is 9.35. The molecule has 0 aliphatic carbocycles. The van der Waals surface area contributed by atoms with E-state index in [0.29, 0.717) is 12.0 Å². The van der Waals surface area contributed by atoms with Crippen LogP contribution >= 0.6 is 0 Å². The molecule has 34 heavy (non-hydrogen) atoms. The van der Waals surface area contributed by atoms with Crippen LogP contribution in [0.2, 0.25) is 18.1 Å².